The van der Waals surface area contributed by atoms with Crippen molar-refractivity contribution >= 4 is 11.0 Å². The summed E-state index contributed by atoms with van der Waals surface area (Å²) in [6.07, 6.45) is 11.7. The summed E-state index contributed by atoms with van der Waals surface area (Å²) in [5.74, 6) is 1.06. The molecule has 2 aromatic carbocycles. The number of imidazole rings is 2. The summed E-state index contributed by atoms with van der Waals surface area (Å²) < 4.78 is 4.36. The first-order valence-electron chi connectivity index (χ1n) is 10.7. The van der Waals surface area contributed by atoms with Crippen LogP contribution in [0.3, 0.4) is 0 Å². The van der Waals surface area contributed by atoms with Gasteiger partial charge in [-0.15, -0.1) is 0 Å². The van der Waals surface area contributed by atoms with Crippen LogP contribution in [0.2, 0.25) is 0 Å². The van der Waals surface area contributed by atoms with Gasteiger partial charge in [0.1, 0.15) is 5.82 Å². The SMILES string of the molecule is CCCCCCC(c1nccn1C)n1cnc2cc(-c3ccccc3C#N)ccc21. The van der Waals surface area contributed by atoms with E-state index in [2.05, 4.69) is 52.4 Å². The monoisotopic (exact) mass is 397 g/mol. The molecule has 0 spiro atoms. The predicted molar refractivity (Wildman–Crippen MR) is 120 cm³/mol. The molecule has 0 bridgehead atoms. The molecule has 4 aromatic rings. The molecular weight excluding hydrogens is 370 g/mol. The average Bonchev–Trinajstić information content (AvgIpc) is 3.40. The van der Waals surface area contributed by atoms with Crippen LogP contribution in [0.25, 0.3) is 22.2 Å². The lowest BCUT2D eigenvalue weighted by molar-refractivity contribution is 0.476. The molecule has 30 heavy (non-hydrogen) atoms. The van der Waals surface area contributed by atoms with Gasteiger partial charge >= 0.3 is 0 Å². The molecule has 0 aliphatic heterocycles. The molecule has 0 saturated heterocycles. The van der Waals surface area contributed by atoms with Crippen LogP contribution in [0.4, 0.5) is 0 Å². The molecule has 0 saturated carbocycles. The molecular formula is C25H27N5. The van der Waals surface area contributed by atoms with E-state index in [9.17, 15) is 5.26 Å². The Labute approximate surface area is 177 Å². The van der Waals surface area contributed by atoms with Gasteiger partial charge in [-0.2, -0.15) is 5.26 Å². The summed E-state index contributed by atoms with van der Waals surface area (Å²) in [5.41, 5.74) is 4.67. The standard InChI is InChI=1S/C25H27N5/c1-3-4-5-6-11-24(25-27-14-15-29(25)2)30-18-28-22-16-19(12-13-23(22)30)21-10-8-7-9-20(21)17-26/h7-10,12-16,18,24H,3-6,11H2,1-2H3. The lowest BCUT2D eigenvalue weighted by atomic mass is 10.00. The van der Waals surface area contributed by atoms with Crippen molar-refractivity contribution in [2.45, 2.75) is 45.1 Å². The van der Waals surface area contributed by atoms with E-state index in [1.54, 1.807) is 0 Å². The third kappa shape index (κ3) is 3.86. The summed E-state index contributed by atoms with van der Waals surface area (Å²) in [5, 5.41) is 9.44. The summed E-state index contributed by atoms with van der Waals surface area (Å²) in [6.45, 7) is 2.24. The lowest BCUT2D eigenvalue weighted by Crippen LogP contribution is -2.14. The number of unbranched alkanes of at least 4 members (excludes halogenated alkanes) is 3. The Balaban J connectivity index is 1.72. The zero-order chi connectivity index (χ0) is 20.9. The predicted octanol–water partition coefficient (Wildman–Crippen LogP) is 5.87. The number of hydrogen-bond donors (Lipinski definition) is 0. The molecule has 0 amide bonds. The van der Waals surface area contributed by atoms with E-state index < -0.39 is 0 Å². The van der Waals surface area contributed by atoms with Crippen molar-refractivity contribution in [3.05, 3.63) is 72.6 Å². The number of fused-ring (bicyclic) bond motifs is 1. The van der Waals surface area contributed by atoms with Gasteiger partial charge in [-0.1, -0.05) is 56.9 Å². The van der Waals surface area contributed by atoms with Crippen LogP contribution >= 0.6 is 0 Å². The normalized spacial score (nSPS) is 12.2. The van der Waals surface area contributed by atoms with Crippen molar-refractivity contribution in [2.75, 3.05) is 0 Å². The fourth-order valence-corrected chi connectivity index (χ4v) is 4.14. The second-order valence-electron chi connectivity index (χ2n) is 7.77. The number of aromatic nitrogens is 4. The number of aryl methyl sites for hydroxylation is 1. The van der Waals surface area contributed by atoms with Crippen molar-refractivity contribution in [3.8, 4) is 17.2 Å². The molecule has 5 heteroatoms. The molecule has 2 aromatic heterocycles. The highest BCUT2D eigenvalue weighted by molar-refractivity contribution is 5.83. The molecule has 1 atom stereocenters. The second kappa shape index (κ2) is 8.96. The van der Waals surface area contributed by atoms with Gasteiger partial charge in [0, 0.05) is 19.4 Å². The van der Waals surface area contributed by atoms with Crippen molar-refractivity contribution in [1.29, 1.82) is 5.26 Å². The Kier molecular flexibility index (Phi) is 5.94. The second-order valence-corrected chi connectivity index (χ2v) is 7.77. The number of benzene rings is 2. The highest BCUT2D eigenvalue weighted by Gasteiger charge is 2.20. The van der Waals surface area contributed by atoms with Gasteiger partial charge in [0.15, 0.2) is 0 Å². The molecule has 0 aliphatic rings. The van der Waals surface area contributed by atoms with Crippen LogP contribution in [0.15, 0.2) is 61.2 Å². The average molecular weight is 398 g/mol. The molecule has 5 nitrogen and oxygen atoms in total. The van der Waals surface area contributed by atoms with Crippen LogP contribution in [0.5, 0.6) is 0 Å². The van der Waals surface area contributed by atoms with E-state index in [-0.39, 0.29) is 6.04 Å². The molecule has 152 valence electrons. The molecule has 4 rings (SSSR count). The molecule has 2 heterocycles. The third-order valence-corrected chi connectivity index (χ3v) is 5.76. The lowest BCUT2D eigenvalue weighted by Gasteiger charge is -2.19. The number of nitrogens with zero attached hydrogens (tertiary/aromatic N) is 5. The van der Waals surface area contributed by atoms with Gasteiger partial charge in [-0.05, 0) is 35.7 Å². The summed E-state index contributed by atoms with van der Waals surface area (Å²) >= 11 is 0. The van der Waals surface area contributed by atoms with Crippen molar-refractivity contribution in [3.63, 3.8) is 0 Å². The Morgan fingerprint density at radius 1 is 1.07 bits per heavy atom. The van der Waals surface area contributed by atoms with Crippen LogP contribution < -0.4 is 0 Å². The quantitative estimate of drug-likeness (QED) is 0.349. The van der Waals surface area contributed by atoms with Crippen molar-refractivity contribution < 1.29 is 0 Å². The van der Waals surface area contributed by atoms with Crippen LogP contribution in [0.1, 0.15) is 56.5 Å². The van der Waals surface area contributed by atoms with E-state index >= 15 is 0 Å². The minimum absolute atomic E-state index is 0.157. The van der Waals surface area contributed by atoms with Gasteiger partial charge < -0.3 is 9.13 Å². The van der Waals surface area contributed by atoms with E-state index in [1.807, 2.05) is 43.0 Å². The Morgan fingerprint density at radius 2 is 1.93 bits per heavy atom. The van der Waals surface area contributed by atoms with Crippen molar-refractivity contribution in [1.82, 2.24) is 19.1 Å². The van der Waals surface area contributed by atoms with Gasteiger partial charge in [0.2, 0.25) is 0 Å². The maximum atomic E-state index is 9.44. The fraction of sp³-hybridized carbons (Fsp3) is 0.320. The molecule has 1 unspecified atom stereocenters. The number of hydrogen-bond acceptors (Lipinski definition) is 3. The Bertz CT molecular complexity index is 1180. The van der Waals surface area contributed by atoms with Crippen LogP contribution in [-0.4, -0.2) is 19.1 Å². The maximum absolute atomic E-state index is 9.44. The topological polar surface area (TPSA) is 59.4 Å². The molecule has 0 fully saturated rings. The minimum Gasteiger partial charge on any atom is -0.336 e. The first kappa shape index (κ1) is 19.9. The Hall–Kier alpha value is -3.39. The highest BCUT2D eigenvalue weighted by atomic mass is 15.1. The zero-order valence-electron chi connectivity index (χ0n) is 17.6. The first-order chi connectivity index (χ1) is 14.7. The number of nitriles is 1. The van der Waals surface area contributed by atoms with Gasteiger partial charge in [-0.3, -0.25) is 0 Å². The highest BCUT2D eigenvalue weighted by Crippen LogP contribution is 2.31. The molecule has 0 N–H and O–H groups in total. The number of rotatable bonds is 8. The van der Waals surface area contributed by atoms with Crippen molar-refractivity contribution in [2.24, 2.45) is 7.05 Å². The minimum atomic E-state index is 0.157. The van der Waals surface area contributed by atoms with Gasteiger partial charge in [-0.25, -0.2) is 9.97 Å². The van der Waals surface area contributed by atoms with E-state index in [0.29, 0.717) is 5.56 Å². The molecule has 0 aliphatic carbocycles. The van der Waals surface area contributed by atoms with Crippen LogP contribution in [-0.2, 0) is 7.05 Å². The fourth-order valence-electron chi connectivity index (χ4n) is 4.14. The smallest absolute Gasteiger partial charge is 0.131 e. The summed E-state index contributed by atoms with van der Waals surface area (Å²) in [6, 6.07) is 16.4. The first-order valence-corrected chi connectivity index (χ1v) is 10.7. The van der Waals surface area contributed by atoms with E-state index in [0.717, 1.165) is 34.4 Å². The zero-order valence-corrected chi connectivity index (χ0v) is 17.6. The van der Waals surface area contributed by atoms with Gasteiger partial charge in [0.25, 0.3) is 0 Å². The maximum Gasteiger partial charge on any atom is 0.131 e. The molecule has 0 radical (unpaired) electrons. The Morgan fingerprint density at radius 3 is 2.70 bits per heavy atom. The largest absolute Gasteiger partial charge is 0.336 e. The van der Waals surface area contributed by atoms with Gasteiger partial charge in [0.05, 0.1) is 35.0 Å². The van der Waals surface area contributed by atoms with Crippen LogP contribution in [0, 0.1) is 11.3 Å². The van der Waals surface area contributed by atoms with E-state index in [1.165, 1.54) is 25.7 Å². The third-order valence-electron chi connectivity index (χ3n) is 5.76. The van der Waals surface area contributed by atoms with E-state index in [4.69, 9.17) is 4.98 Å². The summed E-state index contributed by atoms with van der Waals surface area (Å²) in [7, 11) is 2.05. The summed E-state index contributed by atoms with van der Waals surface area (Å²) in [4.78, 5) is 9.35.